The van der Waals surface area contributed by atoms with E-state index < -0.39 is 0 Å². The van der Waals surface area contributed by atoms with Crippen molar-refractivity contribution in [1.29, 1.82) is 0 Å². The van der Waals surface area contributed by atoms with E-state index in [1.807, 2.05) is 24.4 Å². The Labute approximate surface area is 203 Å². The van der Waals surface area contributed by atoms with E-state index in [1.54, 1.807) is 21.8 Å². The lowest BCUT2D eigenvalue weighted by atomic mass is 10.1. The van der Waals surface area contributed by atoms with E-state index in [1.165, 1.54) is 5.56 Å². The summed E-state index contributed by atoms with van der Waals surface area (Å²) in [5, 5.41) is 29.0. The predicted octanol–water partition coefficient (Wildman–Crippen LogP) is -0.897. The second kappa shape index (κ2) is 12.7. The summed E-state index contributed by atoms with van der Waals surface area (Å²) in [5.41, 5.74) is 2.04. The summed E-state index contributed by atoms with van der Waals surface area (Å²) in [6, 6.07) is 9.77. The van der Waals surface area contributed by atoms with E-state index >= 15 is 0 Å². The van der Waals surface area contributed by atoms with Gasteiger partial charge in [-0.2, -0.15) is 0 Å². The van der Waals surface area contributed by atoms with Crippen molar-refractivity contribution in [2.45, 2.75) is 44.4 Å². The molecule has 1 aliphatic rings. The Bertz CT molecular complexity index is 1050. The van der Waals surface area contributed by atoms with Gasteiger partial charge in [-0.25, -0.2) is 0 Å². The first kappa shape index (κ1) is 24.5. The first-order valence-electron chi connectivity index (χ1n) is 11.9. The minimum atomic E-state index is -0.181. The van der Waals surface area contributed by atoms with Gasteiger partial charge in [0.05, 0.1) is 37.1 Å². The third-order valence-electron chi connectivity index (χ3n) is 5.67. The van der Waals surface area contributed by atoms with E-state index in [0.29, 0.717) is 58.5 Å². The molecule has 12 heteroatoms. The van der Waals surface area contributed by atoms with Gasteiger partial charge in [0.25, 0.3) is 0 Å². The lowest BCUT2D eigenvalue weighted by molar-refractivity contribution is -0.123. The molecule has 3 aromatic rings. The number of nitrogens with zero attached hydrogens (tertiary/aromatic N) is 6. The summed E-state index contributed by atoms with van der Waals surface area (Å²) in [5.74, 6) is -0.0771. The van der Waals surface area contributed by atoms with Gasteiger partial charge in [0.2, 0.25) is 11.8 Å². The van der Waals surface area contributed by atoms with E-state index in [9.17, 15) is 9.59 Å². The molecular weight excluding hydrogens is 448 g/mol. The molecule has 1 aromatic carbocycles. The van der Waals surface area contributed by atoms with Crippen molar-refractivity contribution in [3.8, 4) is 0 Å². The van der Waals surface area contributed by atoms with Gasteiger partial charge in [0.1, 0.15) is 0 Å². The van der Waals surface area contributed by atoms with Crippen LogP contribution >= 0.6 is 0 Å². The molecule has 2 amide bonds. The third-order valence-corrected chi connectivity index (χ3v) is 5.67. The molecule has 35 heavy (non-hydrogen) atoms. The molecule has 0 aliphatic carbocycles. The van der Waals surface area contributed by atoms with Gasteiger partial charge in [0.15, 0.2) is 0 Å². The first-order chi connectivity index (χ1) is 17.1. The van der Waals surface area contributed by atoms with Gasteiger partial charge in [-0.3, -0.25) is 19.0 Å². The number of aromatic nitrogens is 6. The van der Waals surface area contributed by atoms with Gasteiger partial charge in [0, 0.05) is 57.8 Å². The summed E-state index contributed by atoms with van der Waals surface area (Å²) >= 11 is 0. The first-order valence-corrected chi connectivity index (χ1v) is 11.9. The van der Waals surface area contributed by atoms with Gasteiger partial charge in [-0.1, -0.05) is 40.8 Å². The number of benzene rings is 1. The number of amides is 2. The number of rotatable bonds is 6. The summed E-state index contributed by atoms with van der Waals surface area (Å²) in [6.07, 6.45) is 6.64. The van der Waals surface area contributed by atoms with Crippen LogP contribution in [0, 0.1) is 0 Å². The zero-order valence-electron chi connectivity index (χ0n) is 19.6. The fourth-order valence-electron chi connectivity index (χ4n) is 3.97. The zero-order chi connectivity index (χ0) is 24.3. The summed E-state index contributed by atoms with van der Waals surface area (Å²) < 4.78 is 3.44. The molecule has 0 radical (unpaired) electrons. The molecule has 12 nitrogen and oxygen atoms in total. The number of nitrogens with one attached hydrogen (secondary N) is 4. The molecule has 2 aromatic heterocycles. The van der Waals surface area contributed by atoms with Crippen molar-refractivity contribution < 1.29 is 9.59 Å². The number of hydrogen-bond donors (Lipinski definition) is 4. The van der Waals surface area contributed by atoms with E-state index in [0.717, 1.165) is 5.69 Å². The highest BCUT2D eigenvalue weighted by molar-refractivity contribution is 5.77. The van der Waals surface area contributed by atoms with Gasteiger partial charge < -0.3 is 21.3 Å². The van der Waals surface area contributed by atoms with Crippen LogP contribution in [-0.4, -0.2) is 80.1 Å². The smallest absolute Gasteiger partial charge is 0.221 e. The number of hydrogen-bond acceptors (Lipinski definition) is 8. The van der Waals surface area contributed by atoms with Gasteiger partial charge in [-0.05, 0) is 5.56 Å². The third kappa shape index (κ3) is 8.26. The molecule has 3 heterocycles. The summed E-state index contributed by atoms with van der Waals surface area (Å²) in [7, 11) is 0. The standard InChI is InChI=1S/C23H32N10O2/c34-22-6-9-25-14-21(17-33-15-19(29-31-33)12-18-4-2-1-3-5-18)28-23(35)7-8-24-13-20(27-22)16-32-11-10-26-30-32/h1-5,10-11,15,20-21,24-25H,6-9,12-14,16-17H2,(H,27,34)(H,28,35)/t20-,21-/m0/s1. The van der Waals surface area contributed by atoms with E-state index in [4.69, 9.17) is 0 Å². The molecule has 0 bridgehead atoms. The highest BCUT2D eigenvalue weighted by atomic mass is 16.2. The Morgan fingerprint density at radius 1 is 0.857 bits per heavy atom. The Morgan fingerprint density at radius 3 is 2.14 bits per heavy atom. The van der Waals surface area contributed by atoms with Crippen molar-refractivity contribution in [2.24, 2.45) is 0 Å². The molecule has 1 fully saturated rings. The van der Waals surface area contributed by atoms with E-state index in [-0.39, 0.29) is 23.9 Å². The monoisotopic (exact) mass is 480 g/mol. The molecule has 2 atom stereocenters. The lowest BCUT2D eigenvalue weighted by Crippen LogP contribution is -2.49. The lowest BCUT2D eigenvalue weighted by Gasteiger charge is -2.22. The Balaban J connectivity index is 1.31. The van der Waals surface area contributed by atoms with Crippen LogP contribution in [0.15, 0.2) is 48.9 Å². The van der Waals surface area contributed by atoms with Crippen LogP contribution in [0.5, 0.6) is 0 Å². The average molecular weight is 481 g/mol. The molecule has 0 spiro atoms. The zero-order valence-corrected chi connectivity index (χ0v) is 19.6. The van der Waals surface area contributed by atoms with Crippen LogP contribution in [0.4, 0.5) is 0 Å². The van der Waals surface area contributed by atoms with Crippen molar-refractivity contribution in [3.63, 3.8) is 0 Å². The fraction of sp³-hybridized carbons (Fsp3) is 0.478. The van der Waals surface area contributed by atoms with Gasteiger partial charge in [-0.15, -0.1) is 10.2 Å². The second-order valence-corrected chi connectivity index (χ2v) is 8.66. The number of carbonyl (C=O) groups is 2. The van der Waals surface area contributed by atoms with Crippen molar-refractivity contribution in [2.75, 3.05) is 26.2 Å². The second-order valence-electron chi connectivity index (χ2n) is 8.66. The van der Waals surface area contributed by atoms with Gasteiger partial charge >= 0.3 is 0 Å². The summed E-state index contributed by atoms with van der Waals surface area (Å²) in [4.78, 5) is 25.0. The van der Waals surface area contributed by atoms with Crippen molar-refractivity contribution >= 4 is 11.8 Å². The Hall–Kier alpha value is -3.64. The molecule has 1 saturated heterocycles. The maximum Gasteiger partial charge on any atom is 0.221 e. The van der Waals surface area contributed by atoms with Crippen LogP contribution in [0.1, 0.15) is 24.1 Å². The SMILES string of the molecule is O=C1CCNC[C@@H](Cn2cc(Cc3ccccc3)nn2)NC(=O)CCNC[C@@H](Cn2ccnn2)N1. The Morgan fingerprint density at radius 2 is 1.51 bits per heavy atom. The van der Waals surface area contributed by atoms with Crippen LogP contribution in [0.25, 0.3) is 0 Å². The molecule has 186 valence electrons. The van der Waals surface area contributed by atoms with E-state index in [2.05, 4.69) is 54.0 Å². The van der Waals surface area contributed by atoms with Crippen LogP contribution in [-0.2, 0) is 29.1 Å². The van der Waals surface area contributed by atoms with Crippen molar-refractivity contribution in [3.05, 3.63) is 60.2 Å². The van der Waals surface area contributed by atoms with Crippen LogP contribution in [0.3, 0.4) is 0 Å². The minimum Gasteiger partial charge on any atom is -0.350 e. The largest absolute Gasteiger partial charge is 0.350 e. The quantitative estimate of drug-likeness (QED) is 0.356. The maximum absolute atomic E-state index is 12.6. The van der Waals surface area contributed by atoms with Crippen LogP contribution in [0.2, 0.25) is 0 Å². The topological polar surface area (TPSA) is 144 Å². The molecule has 4 N–H and O–H groups in total. The molecule has 0 saturated carbocycles. The molecule has 0 unspecified atom stereocenters. The molecule has 1 aliphatic heterocycles. The number of carbonyl (C=O) groups excluding carboxylic acids is 2. The highest BCUT2D eigenvalue weighted by Crippen LogP contribution is 2.06. The fourth-order valence-corrected chi connectivity index (χ4v) is 3.97. The average Bonchev–Trinajstić information content (AvgIpc) is 3.52. The summed E-state index contributed by atoms with van der Waals surface area (Å²) in [6.45, 7) is 3.03. The Kier molecular flexibility index (Phi) is 8.90. The highest BCUT2D eigenvalue weighted by Gasteiger charge is 2.17. The van der Waals surface area contributed by atoms with Crippen LogP contribution < -0.4 is 21.3 Å². The predicted molar refractivity (Wildman–Crippen MR) is 128 cm³/mol. The minimum absolute atomic E-state index is 0.0381. The molecular formula is C23H32N10O2. The van der Waals surface area contributed by atoms with Crippen molar-refractivity contribution in [1.82, 2.24) is 51.3 Å². The normalized spacial score (nSPS) is 20.6. The maximum atomic E-state index is 12.6. The molecule has 4 rings (SSSR count).